The number of benzene rings is 2. The topological polar surface area (TPSA) is 166 Å². The molecule has 8 aliphatic heterocycles. The summed E-state index contributed by atoms with van der Waals surface area (Å²) >= 11 is 0. The van der Waals surface area contributed by atoms with Gasteiger partial charge < -0.3 is 29.2 Å². The van der Waals surface area contributed by atoms with Crippen molar-refractivity contribution >= 4 is 23.2 Å². The fourth-order valence-corrected chi connectivity index (χ4v) is 11.4. The van der Waals surface area contributed by atoms with Crippen LogP contribution in [0.1, 0.15) is 61.8 Å². The van der Waals surface area contributed by atoms with Gasteiger partial charge in [0.25, 0.3) is 0 Å². The first-order valence-electron chi connectivity index (χ1n) is 18.1. The van der Waals surface area contributed by atoms with Crippen molar-refractivity contribution in [1.29, 1.82) is 10.5 Å². The average molecular weight is 789 g/mol. The van der Waals surface area contributed by atoms with Gasteiger partial charge in [0.05, 0.1) is 94.7 Å². The summed E-state index contributed by atoms with van der Waals surface area (Å²) in [4.78, 5) is 29.1. The van der Waals surface area contributed by atoms with E-state index in [1.54, 1.807) is 26.0 Å². The van der Waals surface area contributed by atoms with Crippen molar-refractivity contribution in [3.63, 3.8) is 0 Å². The fraction of sp³-hybridized carbons (Fsp3) is 0.579. The predicted molar refractivity (Wildman–Crippen MR) is 176 cm³/mol. The first-order chi connectivity index (χ1) is 26.2. The number of rotatable bonds is 2. The van der Waals surface area contributed by atoms with E-state index in [1.807, 2.05) is 0 Å². The van der Waals surface area contributed by atoms with Crippen LogP contribution in [-0.2, 0) is 40.9 Å². The minimum absolute atomic E-state index is 0.0327. The minimum Gasteiger partial charge on any atom is -0.390 e. The third kappa shape index (κ3) is 4.74. The molecule has 56 heavy (non-hydrogen) atoms. The lowest BCUT2D eigenvalue weighted by Crippen LogP contribution is -2.56. The molecule has 0 saturated carbocycles. The third-order valence-corrected chi connectivity index (χ3v) is 13.4. The Labute approximate surface area is 315 Å². The standard InChI is InChI=1S/2C19H17F3N2O4/c2*1-17-7-12(25)18(28-17)4-5-27-16-14(18)13(17)15(26)24(16)10-3-2-9(8-23)11(6-10)19(20,21)22/h2*2-3,6,12-14,16,25H,4-5,7H2,1H3/t2*12-,13+,14-,16-,17+,18-/m10/s1. The molecule has 0 radical (unpaired) electrons. The molecule has 18 heteroatoms. The van der Waals surface area contributed by atoms with E-state index in [4.69, 9.17) is 29.5 Å². The summed E-state index contributed by atoms with van der Waals surface area (Å²) in [6.45, 7) is 4.00. The van der Waals surface area contributed by atoms with Crippen molar-refractivity contribution in [3.8, 4) is 12.1 Å². The SMILES string of the molecule is C[C@@]12C[C@H](O)[C@]3(CCO[C@H]4[C@@H]3[C@@H]1C(=O)N4c1ccc(C#N)c(C(F)(F)F)c1)O2.C[C@]12C[C@@H](O)[C@@]3(CCO[C@@H]4[C@H]3[C@H]1C(=O)N4c1ccc(C#N)c(C(F)(F)F)c1)O2. The molecule has 8 aliphatic rings. The van der Waals surface area contributed by atoms with Gasteiger partial charge in [-0.15, -0.1) is 0 Å². The van der Waals surface area contributed by atoms with Gasteiger partial charge in [0.2, 0.25) is 11.8 Å². The number of aliphatic hydroxyl groups is 2. The summed E-state index contributed by atoms with van der Waals surface area (Å²) in [6, 6.07) is 9.53. The number of halogens is 6. The number of carbonyl (C=O) groups is 2. The highest BCUT2D eigenvalue weighted by atomic mass is 19.4. The smallest absolute Gasteiger partial charge is 0.390 e. The molecule has 4 bridgehead atoms. The highest BCUT2D eigenvalue weighted by Crippen LogP contribution is 2.67. The number of amides is 2. The lowest BCUT2D eigenvalue weighted by Gasteiger charge is -2.43. The van der Waals surface area contributed by atoms with Gasteiger partial charge in [0.15, 0.2) is 0 Å². The number of alkyl halides is 6. The zero-order chi connectivity index (χ0) is 40.1. The first-order valence-corrected chi connectivity index (χ1v) is 18.1. The molecule has 2 N–H and O–H groups in total. The molecule has 0 aliphatic carbocycles. The molecule has 2 spiro atoms. The van der Waals surface area contributed by atoms with Gasteiger partial charge in [0.1, 0.15) is 23.7 Å². The lowest BCUT2D eigenvalue weighted by atomic mass is 9.65. The average Bonchev–Trinajstić information content (AvgIpc) is 3.90. The summed E-state index contributed by atoms with van der Waals surface area (Å²) in [5.41, 5.74) is -6.69. The maximum atomic E-state index is 13.4. The molecule has 2 aromatic carbocycles. The predicted octanol–water partition coefficient (Wildman–Crippen LogP) is 4.39. The second-order valence-corrected chi connectivity index (χ2v) is 16.3. The molecular weight excluding hydrogens is 754 g/mol. The number of carbonyl (C=O) groups excluding carboxylic acids is 2. The van der Waals surface area contributed by atoms with Crippen LogP contribution in [0, 0.1) is 46.3 Å². The highest BCUT2D eigenvalue weighted by Gasteiger charge is 2.79. The molecule has 0 aromatic heterocycles. The maximum Gasteiger partial charge on any atom is 0.417 e. The van der Waals surface area contributed by atoms with Crippen molar-refractivity contribution in [2.24, 2.45) is 23.7 Å². The molecule has 0 unspecified atom stereocenters. The number of hydrogen-bond acceptors (Lipinski definition) is 10. The van der Waals surface area contributed by atoms with Crippen LogP contribution in [0.5, 0.6) is 0 Å². The number of anilines is 2. The lowest BCUT2D eigenvalue weighted by molar-refractivity contribution is -0.164. The summed E-state index contributed by atoms with van der Waals surface area (Å²) in [6.07, 6.45) is -11.1. The van der Waals surface area contributed by atoms with Gasteiger partial charge in [-0.1, -0.05) is 0 Å². The monoisotopic (exact) mass is 788 g/mol. The largest absolute Gasteiger partial charge is 0.417 e. The van der Waals surface area contributed by atoms with Crippen molar-refractivity contribution in [1.82, 2.24) is 0 Å². The number of hydrogen-bond donors (Lipinski definition) is 2. The van der Waals surface area contributed by atoms with Crippen LogP contribution in [0.4, 0.5) is 37.7 Å². The number of fused-ring (bicyclic) bond motifs is 4. The molecular formula is C38H34F6N4O8. The molecule has 2 aromatic rings. The van der Waals surface area contributed by atoms with Crippen LogP contribution in [0.15, 0.2) is 36.4 Å². The quantitative estimate of drug-likeness (QED) is 0.417. The number of aliphatic hydroxyl groups excluding tert-OH is 2. The molecule has 2 amide bonds. The van der Waals surface area contributed by atoms with Crippen LogP contribution in [0.2, 0.25) is 0 Å². The van der Waals surface area contributed by atoms with E-state index in [2.05, 4.69) is 0 Å². The Morgan fingerprint density at radius 1 is 0.696 bits per heavy atom. The van der Waals surface area contributed by atoms with Crippen molar-refractivity contribution < 1.29 is 65.1 Å². The van der Waals surface area contributed by atoms with Crippen LogP contribution in [0.25, 0.3) is 0 Å². The Morgan fingerprint density at radius 3 is 1.41 bits per heavy atom. The Hall–Kier alpha value is -4.30. The Kier molecular flexibility index (Phi) is 7.75. The normalized spacial score (nSPS) is 41.3. The van der Waals surface area contributed by atoms with E-state index in [0.29, 0.717) is 25.7 Å². The van der Waals surface area contributed by atoms with Gasteiger partial charge in [-0.2, -0.15) is 36.9 Å². The van der Waals surface area contributed by atoms with Crippen LogP contribution >= 0.6 is 0 Å². The summed E-state index contributed by atoms with van der Waals surface area (Å²) in [5.74, 6) is -2.82. The zero-order valence-electron chi connectivity index (χ0n) is 29.7. The number of nitrogens with zero attached hydrogens (tertiary/aromatic N) is 4. The van der Waals surface area contributed by atoms with E-state index in [-0.39, 0.29) is 36.4 Å². The highest BCUT2D eigenvalue weighted by molar-refractivity contribution is 6.01. The van der Waals surface area contributed by atoms with Crippen LogP contribution in [0.3, 0.4) is 0 Å². The fourth-order valence-electron chi connectivity index (χ4n) is 11.4. The second kappa shape index (κ2) is 11.6. The maximum absolute atomic E-state index is 13.4. The van der Waals surface area contributed by atoms with Gasteiger partial charge in [-0.05, 0) is 50.2 Å². The number of ether oxygens (including phenoxy) is 4. The van der Waals surface area contributed by atoms with Gasteiger partial charge in [-0.25, -0.2) is 0 Å². The molecule has 8 heterocycles. The van der Waals surface area contributed by atoms with E-state index >= 15 is 0 Å². The minimum atomic E-state index is -4.72. The van der Waals surface area contributed by atoms with Gasteiger partial charge in [0, 0.05) is 37.1 Å². The zero-order valence-corrected chi connectivity index (χ0v) is 29.7. The van der Waals surface area contributed by atoms with Crippen molar-refractivity contribution in [2.45, 2.75) is 99.0 Å². The summed E-state index contributed by atoms with van der Waals surface area (Å²) in [7, 11) is 0. The van der Waals surface area contributed by atoms with Gasteiger partial charge >= 0.3 is 12.4 Å². The molecule has 10 rings (SSSR count). The Balaban J connectivity index is 0.000000146. The third-order valence-electron chi connectivity index (χ3n) is 13.4. The van der Waals surface area contributed by atoms with E-state index < -0.39 is 105 Å². The van der Waals surface area contributed by atoms with E-state index in [1.165, 1.54) is 21.9 Å². The van der Waals surface area contributed by atoms with Gasteiger partial charge in [-0.3, -0.25) is 19.4 Å². The van der Waals surface area contributed by atoms with E-state index in [0.717, 1.165) is 24.3 Å². The summed E-state index contributed by atoms with van der Waals surface area (Å²) in [5, 5.41) is 39.2. The summed E-state index contributed by atoms with van der Waals surface area (Å²) < 4.78 is 104. The second-order valence-electron chi connectivity index (χ2n) is 16.3. The molecule has 8 fully saturated rings. The molecule has 12 nitrogen and oxygen atoms in total. The first kappa shape index (κ1) is 37.3. The van der Waals surface area contributed by atoms with E-state index in [9.17, 15) is 46.1 Å². The van der Waals surface area contributed by atoms with Crippen LogP contribution < -0.4 is 9.80 Å². The van der Waals surface area contributed by atoms with Crippen molar-refractivity contribution in [3.05, 3.63) is 58.7 Å². The van der Waals surface area contributed by atoms with Crippen molar-refractivity contribution in [2.75, 3.05) is 23.0 Å². The van der Waals surface area contributed by atoms with Crippen LogP contribution in [-0.4, -0.2) is 82.3 Å². The molecule has 8 saturated heterocycles. The Morgan fingerprint density at radius 2 is 1.07 bits per heavy atom. The molecule has 296 valence electrons. The Bertz CT molecular complexity index is 2010. The number of nitriles is 2. The molecule has 12 atom stereocenters.